The Morgan fingerprint density at radius 2 is 2.00 bits per heavy atom. The molecule has 16 heavy (non-hydrogen) atoms. The molecule has 0 N–H and O–H groups in total. The van der Waals surface area contributed by atoms with Crippen LogP contribution in [0.2, 0.25) is 0 Å². The highest BCUT2D eigenvalue weighted by Crippen LogP contribution is 2.32. The molecule has 1 heterocycles. The lowest BCUT2D eigenvalue weighted by atomic mass is 9.86. The highest BCUT2D eigenvalue weighted by atomic mass is 16.5. The van der Waals surface area contributed by atoms with Gasteiger partial charge >= 0.3 is 0 Å². The van der Waals surface area contributed by atoms with E-state index in [4.69, 9.17) is 9.47 Å². The summed E-state index contributed by atoms with van der Waals surface area (Å²) in [5.74, 6) is 1.05. The molecule has 0 fully saturated rings. The minimum atomic E-state index is -0.246. The number of amides is 1. The second-order valence-corrected chi connectivity index (χ2v) is 3.66. The van der Waals surface area contributed by atoms with Crippen molar-refractivity contribution in [3.63, 3.8) is 0 Å². The third-order valence-corrected chi connectivity index (χ3v) is 2.70. The van der Waals surface area contributed by atoms with Gasteiger partial charge in [-0.1, -0.05) is 5.57 Å². The van der Waals surface area contributed by atoms with Gasteiger partial charge in [0, 0.05) is 6.08 Å². The molecule has 1 atom stereocenters. The van der Waals surface area contributed by atoms with Gasteiger partial charge in [0.15, 0.2) is 0 Å². The minimum Gasteiger partial charge on any atom is -0.500 e. The van der Waals surface area contributed by atoms with Crippen LogP contribution < -0.4 is 0 Å². The predicted molar refractivity (Wildman–Crippen MR) is 59.9 cm³/mol. The number of hydrogen-bond donors (Lipinski definition) is 0. The predicted octanol–water partition coefficient (Wildman–Crippen LogP) is 1.60. The summed E-state index contributed by atoms with van der Waals surface area (Å²) in [5, 5.41) is 0. The molecule has 1 aliphatic carbocycles. The van der Waals surface area contributed by atoms with Crippen LogP contribution in [0.25, 0.3) is 0 Å². The van der Waals surface area contributed by atoms with Crippen molar-refractivity contribution in [1.29, 1.82) is 0 Å². The van der Waals surface area contributed by atoms with Gasteiger partial charge in [-0.05, 0) is 19.1 Å². The molecule has 0 spiro atoms. The maximum absolute atomic E-state index is 11.4. The Kier molecular flexibility index (Phi) is 2.64. The molecule has 0 aromatic carbocycles. The lowest BCUT2D eigenvalue weighted by Gasteiger charge is -2.27. The van der Waals surface area contributed by atoms with Gasteiger partial charge in [-0.15, -0.1) is 0 Å². The second-order valence-electron chi connectivity index (χ2n) is 3.66. The monoisotopic (exact) mass is 219 g/mol. The van der Waals surface area contributed by atoms with Crippen LogP contribution in [0.4, 0.5) is 0 Å². The topological polar surface area (TPSA) is 47.9 Å². The Bertz CT molecular complexity index is 455. The molecule has 0 aromatic rings. The molecule has 84 valence electrons. The highest BCUT2D eigenvalue weighted by molar-refractivity contribution is 6.14. The zero-order valence-electron chi connectivity index (χ0n) is 9.48. The number of rotatable bonds is 2. The third kappa shape index (κ3) is 1.56. The fraction of sp³-hybridized carbons (Fsp3) is 0.333. The van der Waals surface area contributed by atoms with Crippen LogP contribution in [-0.4, -0.2) is 25.8 Å². The van der Waals surface area contributed by atoms with Gasteiger partial charge < -0.3 is 9.47 Å². The fourth-order valence-electron chi connectivity index (χ4n) is 1.96. The molecular weight excluding hydrogens is 206 g/mol. The van der Waals surface area contributed by atoms with E-state index in [0.29, 0.717) is 11.5 Å². The number of methoxy groups -OCH3 is 2. The van der Waals surface area contributed by atoms with E-state index in [1.54, 1.807) is 20.3 Å². The van der Waals surface area contributed by atoms with E-state index < -0.39 is 0 Å². The van der Waals surface area contributed by atoms with Crippen LogP contribution in [-0.2, 0) is 14.3 Å². The molecule has 0 radical (unpaired) electrons. The molecule has 1 aliphatic heterocycles. The SMILES string of the molecule is COC1=CC=C(OC)C2C(C)=CC(=O)N=C12. The first-order valence-corrected chi connectivity index (χ1v) is 4.98. The molecule has 2 aliphatic rings. The standard InChI is InChI=1S/C12H13NO3/c1-7-6-10(14)13-12-9(16-3)5-4-8(15-2)11(7)12/h4-6,11H,1-3H3. The number of aliphatic imine (C=N–C) groups is 1. The molecule has 1 amide bonds. The first-order valence-electron chi connectivity index (χ1n) is 4.98. The first kappa shape index (κ1) is 10.7. The third-order valence-electron chi connectivity index (χ3n) is 2.70. The average molecular weight is 219 g/mol. The van der Waals surface area contributed by atoms with Gasteiger partial charge in [0.2, 0.25) is 0 Å². The Morgan fingerprint density at radius 1 is 1.25 bits per heavy atom. The molecule has 0 aromatic heterocycles. The number of fused-ring (bicyclic) bond motifs is 1. The number of ether oxygens (including phenoxy) is 2. The van der Waals surface area contributed by atoms with E-state index in [2.05, 4.69) is 4.99 Å². The first-order chi connectivity index (χ1) is 7.67. The van der Waals surface area contributed by atoms with Gasteiger partial charge in [0.05, 0.1) is 20.1 Å². The molecule has 4 nitrogen and oxygen atoms in total. The average Bonchev–Trinajstić information content (AvgIpc) is 2.27. The van der Waals surface area contributed by atoms with Crippen molar-refractivity contribution >= 4 is 11.6 Å². The molecular formula is C12H13NO3. The number of nitrogens with zero attached hydrogens (tertiary/aromatic N) is 1. The number of carbonyl (C=O) groups excluding carboxylic acids is 1. The van der Waals surface area contributed by atoms with E-state index in [1.165, 1.54) is 6.08 Å². The molecule has 0 bridgehead atoms. The fourth-order valence-corrected chi connectivity index (χ4v) is 1.96. The van der Waals surface area contributed by atoms with Crippen molar-refractivity contribution in [2.75, 3.05) is 14.2 Å². The zero-order valence-corrected chi connectivity index (χ0v) is 9.48. The summed E-state index contributed by atoms with van der Waals surface area (Å²) in [5.41, 5.74) is 1.55. The van der Waals surface area contributed by atoms with Crippen LogP contribution in [0.1, 0.15) is 6.92 Å². The summed E-state index contributed by atoms with van der Waals surface area (Å²) < 4.78 is 10.5. The van der Waals surface area contributed by atoms with Gasteiger partial charge in [-0.2, -0.15) is 0 Å². The van der Waals surface area contributed by atoms with Gasteiger partial charge in [-0.3, -0.25) is 4.79 Å². The molecule has 0 saturated heterocycles. The number of allylic oxidation sites excluding steroid dienone is 4. The van der Waals surface area contributed by atoms with Crippen molar-refractivity contribution < 1.29 is 14.3 Å². The van der Waals surface area contributed by atoms with Crippen LogP contribution in [0.15, 0.2) is 40.3 Å². The van der Waals surface area contributed by atoms with Gasteiger partial charge in [-0.25, -0.2) is 4.99 Å². The van der Waals surface area contributed by atoms with Crippen LogP contribution in [0.5, 0.6) is 0 Å². The van der Waals surface area contributed by atoms with Gasteiger partial charge in [0.1, 0.15) is 17.2 Å². The van der Waals surface area contributed by atoms with Crippen molar-refractivity contribution in [2.45, 2.75) is 6.92 Å². The summed E-state index contributed by atoms with van der Waals surface area (Å²) in [6, 6.07) is 0. The normalized spacial score (nSPS) is 23.7. The Morgan fingerprint density at radius 3 is 2.62 bits per heavy atom. The maximum Gasteiger partial charge on any atom is 0.270 e. The van der Waals surface area contributed by atoms with Crippen LogP contribution >= 0.6 is 0 Å². The number of hydrogen-bond acceptors (Lipinski definition) is 3. The van der Waals surface area contributed by atoms with Gasteiger partial charge in [0.25, 0.3) is 5.91 Å². The highest BCUT2D eigenvalue weighted by Gasteiger charge is 2.32. The number of dihydropyridines is 1. The van der Waals surface area contributed by atoms with Crippen molar-refractivity contribution in [3.8, 4) is 0 Å². The van der Waals surface area contributed by atoms with E-state index in [0.717, 1.165) is 11.3 Å². The van der Waals surface area contributed by atoms with Crippen LogP contribution in [0, 0.1) is 5.92 Å². The van der Waals surface area contributed by atoms with E-state index in [9.17, 15) is 4.79 Å². The molecule has 0 saturated carbocycles. The lowest BCUT2D eigenvalue weighted by Crippen LogP contribution is -2.28. The Balaban J connectivity index is 2.50. The second kappa shape index (κ2) is 3.96. The molecule has 1 unspecified atom stereocenters. The van der Waals surface area contributed by atoms with E-state index >= 15 is 0 Å². The zero-order chi connectivity index (χ0) is 11.7. The smallest absolute Gasteiger partial charge is 0.270 e. The minimum absolute atomic E-state index is 0.0948. The van der Waals surface area contributed by atoms with E-state index in [-0.39, 0.29) is 11.8 Å². The van der Waals surface area contributed by atoms with Crippen LogP contribution in [0.3, 0.4) is 0 Å². The largest absolute Gasteiger partial charge is 0.500 e. The summed E-state index contributed by atoms with van der Waals surface area (Å²) >= 11 is 0. The summed E-state index contributed by atoms with van der Waals surface area (Å²) in [7, 11) is 3.17. The number of carbonyl (C=O) groups is 1. The Hall–Kier alpha value is -1.84. The molecule has 2 rings (SSSR count). The van der Waals surface area contributed by atoms with Crippen molar-refractivity contribution in [2.24, 2.45) is 10.9 Å². The lowest BCUT2D eigenvalue weighted by molar-refractivity contribution is -0.113. The summed E-state index contributed by atoms with van der Waals surface area (Å²) in [4.78, 5) is 15.4. The van der Waals surface area contributed by atoms with Crippen molar-refractivity contribution in [1.82, 2.24) is 0 Å². The molecule has 4 heteroatoms. The van der Waals surface area contributed by atoms with Crippen molar-refractivity contribution in [3.05, 3.63) is 35.3 Å². The summed E-state index contributed by atoms with van der Waals surface area (Å²) in [6.07, 6.45) is 5.13. The Labute approximate surface area is 94.0 Å². The van der Waals surface area contributed by atoms with E-state index in [1.807, 2.05) is 13.0 Å². The summed E-state index contributed by atoms with van der Waals surface area (Å²) in [6.45, 7) is 1.89. The quantitative estimate of drug-likeness (QED) is 0.708. The maximum atomic E-state index is 11.4.